The fraction of sp³-hybridized carbons (Fsp3) is 0.944. The molecule has 1 amide bonds. The lowest BCUT2D eigenvalue weighted by atomic mass is 9.90. The Bertz CT molecular complexity index is 386. The number of carbonyl (C=O) groups is 1. The van der Waals surface area contributed by atoms with Gasteiger partial charge in [-0.1, -0.05) is 6.92 Å². The highest BCUT2D eigenvalue weighted by atomic mass is 16.6. The van der Waals surface area contributed by atoms with Crippen molar-refractivity contribution in [2.24, 2.45) is 5.92 Å². The number of nitrogens with zero attached hydrogens (tertiary/aromatic N) is 1. The third-order valence-corrected chi connectivity index (χ3v) is 4.85. The van der Waals surface area contributed by atoms with Crippen LogP contribution in [0.25, 0.3) is 0 Å². The summed E-state index contributed by atoms with van der Waals surface area (Å²) in [5.74, 6) is 0.755. The molecule has 2 rings (SSSR count). The first kappa shape index (κ1) is 18.5. The van der Waals surface area contributed by atoms with Crippen LogP contribution in [0.5, 0.6) is 0 Å². The molecule has 5 nitrogen and oxygen atoms in total. The summed E-state index contributed by atoms with van der Waals surface area (Å²) >= 11 is 0. The minimum Gasteiger partial charge on any atom is -0.444 e. The highest BCUT2D eigenvalue weighted by molar-refractivity contribution is 5.68. The number of ether oxygens (including phenoxy) is 1. The van der Waals surface area contributed by atoms with Gasteiger partial charge in [0.1, 0.15) is 5.60 Å². The monoisotopic (exact) mass is 325 g/mol. The van der Waals surface area contributed by atoms with Crippen molar-refractivity contribution in [3.05, 3.63) is 0 Å². The lowest BCUT2D eigenvalue weighted by molar-refractivity contribution is 0.0521. The summed E-state index contributed by atoms with van der Waals surface area (Å²) in [6.45, 7) is 13.9. The summed E-state index contributed by atoms with van der Waals surface area (Å²) in [5.41, 5.74) is -0.429. The third-order valence-electron chi connectivity index (χ3n) is 4.85. The van der Waals surface area contributed by atoms with Crippen LogP contribution < -0.4 is 10.6 Å². The van der Waals surface area contributed by atoms with Crippen molar-refractivity contribution in [1.82, 2.24) is 15.5 Å². The van der Waals surface area contributed by atoms with Gasteiger partial charge in [0, 0.05) is 18.1 Å². The lowest BCUT2D eigenvalue weighted by Gasteiger charge is -2.35. The number of rotatable bonds is 6. The molecular weight excluding hydrogens is 290 g/mol. The summed E-state index contributed by atoms with van der Waals surface area (Å²) in [6, 6.07) is 1.16. The first-order valence-corrected chi connectivity index (χ1v) is 9.26. The van der Waals surface area contributed by atoms with Crippen LogP contribution in [-0.4, -0.2) is 54.4 Å². The minimum atomic E-state index is -0.429. The number of likely N-dealkylation sites (tertiary alicyclic amines) is 1. The molecule has 3 atom stereocenters. The molecule has 0 aromatic rings. The van der Waals surface area contributed by atoms with Crippen molar-refractivity contribution in [2.45, 2.75) is 84.0 Å². The Labute approximate surface area is 141 Å². The van der Waals surface area contributed by atoms with Crippen LogP contribution in [-0.2, 0) is 4.74 Å². The second-order valence-corrected chi connectivity index (χ2v) is 8.23. The zero-order valence-corrected chi connectivity index (χ0v) is 15.5. The van der Waals surface area contributed by atoms with Crippen LogP contribution in [0.15, 0.2) is 0 Å². The van der Waals surface area contributed by atoms with Crippen LogP contribution in [0.4, 0.5) is 4.79 Å². The molecule has 23 heavy (non-hydrogen) atoms. The summed E-state index contributed by atoms with van der Waals surface area (Å²) in [5, 5.41) is 6.66. The Morgan fingerprint density at radius 2 is 1.91 bits per heavy atom. The quantitative estimate of drug-likeness (QED) is 0.788. The molecule has 1 saturated carbocycles. The van der Waals surface area contributed by atoms with Crippen molar-refractivity contribution in [1.29, 1.82) is 0 Å². The number of alkyl carbamates (subject to hydrolysis) is 1. The third kappa shape index (κ3) is 6.30. The van der Waals surface area contributed by atoms with Gasteiger partial charge in [0.15, 0.2) is 0 Å². The van der Waals surface area contributed by atoms with Gasteiger partial charge in [0.05, 0.1) is 0 Å². The average molecular weight is 325 g/mol. The molecule has 0 bridgehead atoms. The van der Waals surface area contributed by atoms with E-state index in [1.165, 1.54) is 38.9 Å². The Morgan fingerprint density at radius 3 is 2.48 bits per heavy atom. The van der Waals surface area contributed by atoms with Crippen LogP contribution >= 0.6 is 0 Å². The smallest absolute Gasteiger partial charge is 0.407 e. The second kappa shape index (κ2) is 7.84. The van der Waals surface area contributed by atoms with E-state index in [0.717, 1.165) is 12.3 Å². The molecule has 1 saturated heterocycles. The van der Waals surface area contributed by atoms with Gasteiger partial charge in [-0.25, -0.2) is 4.79 Å². The molecule has 1 heterocycles. The first-order valence-electron chi connectivity index (χ1n) is 9.26. The van der Waals surface area contributed by atoms with E-state index in [2.05, 4.69) is 29.4 Å². The highest BCUT2D eigenvalue weighted by Gasteiger charge is 2.41. The molecule has 2 aliphatic rings. The van der Waals surface area contributed by atoms with Gasteiger partial charge in [0.2, 0.25) is 0 Å². The molecule has 0 radical (unpaired) electrons. The van der Waals surface area contributed by atoms with E-state index in [-0.39, 0.29) is 12.1 Å². The molecule has 0 aromatic heterocycles. The summed E-state index contributed by atoms with van der Waals surface area (Å²) in [4.78, 5) is 14.3. The molecule has 2 N–H and O–H groups in total. The van der Waals surface area contributed by atoms with E-state index in [0.29, 0.717) is 12.1 Å². The maximum Gasteiger partial charge on any atom is 0.407 e. The van der Waals surface area contributed by atoms with E-state index in [9.17, 15) is 4.79 Å². The van der Waals surface area contributed by atoms with Crippen molar-refractivity contribution in [3.8, 4) is 0 Å². The number of piperidine rings is 1. The van der Waals surface area contributed by atoms with Gasteiger partial charge >= 0.3 is 6.09 Å². The van der Waals surface area contributed by atoms with Crippen molar-refractivity contribution in [3.63, 3.8) is 0 Å². The molecule has 0 spiro atoms. The zero-order valence-electron chi connectivity index (χ0n) is 15.5. The number of hydrogen-bond acceptors (Lipinski definition) is 4. The standard InChI is InChI=1S/C18H35N3O2/c1-6-9-21-10-7-14(8-11-21)13(2)19-15-12-16(15)20-17(22)23-18(3,4)5/h13-16,19H,6-12H2,1-5H3,(H,20,22). The van der Waals surface area contributed by atoms with Crippen LogP contribution in [0.1, 0.15) is 60.3 Å². The molecule has 5 heteroatoms. The SMILES string of the molecule is CCCN1CCC(C(C)NC2CC2NC(=O)OC(C)(C)C)CC1. The lowest BCUT2D eigenvalue weighted by Crippen LogP contribution is -2.44. The van der Waals surface area contributed by atoms with Gasteiger partial charge in [-0.05, 0) is 78.9 Å². The van der Waals surface area contributed by atoms with Gasteiger partial charge in [-0.2, -0.15) is 0 Å². The normalized spacial score (nSPS) is 27.5. The molecule has 134 valence electrons. The number of carbonyl (C=O) groups excluding carboxylic acids is 1. The van der Waals surface area contributed by atoms with Crippen LogP contribution in [0.2, 0.25) is 0 Å². The minimum absolute atomic E-state index is 0.229. The maximum atomic E-state index is 11.8. The maximum absolute atomic E-state index is 11.8. The van der Waals surface area contributed by atoms with Gasteiger partial charge in [0.25, 0.3) is 0 Å². The van der Waals surface area contributed by atoms with Crippen LogP contribution in [0, 0.1) is 5.92 Å². The molecule has 0 aromatic carbocycles. The summed E-state index contributed by atoms with van der Waals surface area (Å²) < 4.78 is 5.31. The average Bonchev–Trinajstić information content (AvgIpc) is 3.15. The van der Waals surface area contributed by atoms with Gasteiger partial charge in [-0.3, -0.25) is 0 Å². The van der Waals surface area contributed by atoms with Crippen molar-refractivity contribution < 1.29 is 9.53 Å². The summed E-state index contributed by atoms with van der Waals surface area (Å²) in [7, 11) is 0. The Hall–Kier alpha value is -0.810. The molecule has 1 aliphatic heterocycles. The largest absolute Gasteiger partial charge is 0.444 e. The van der Waals surface area contributed by atoms with E-state index in [1.807, 2.05) is 20.8 Å². The topological polar surface area (TPSA) is 53.6 Å². The Kier molecular flexibility index (Phi) is 6.32. The van der Waals surface area contributed by atoms with Crippen molar-refractivity contribution in [2.75, 3.05) is 19.6 Å². The Balaban J connectivity index is 1.64. The summed E-state index contributed by atoms with van der Waals surface area (Å²) in [6.07, 6.45) is 4.53. The number of hydrogen-bond donors (Lipinski definition) is 2. The fourth-order valence-electron chi connectivity index (χ4n) is 3.46. The molecular formula is C18H35N3O2. The first-order chi connectivity index (χ1) is 10.8. The van der Waals surface area contributed by atoms with E-state index in [1.54, 1.807) is 0 Å². The molecule has 3 unspecified atom stereocenters. The van der Waals surface area contributed by atoms with Gasteiger partial charge in [-0.15, -0.1) is 0 Å². The Morgan fingerprint density at radius 1 is 1.26 bits per heavy atom. The van der Waals surface area contributed by atoms with Crippen molar-refractivity contribution >= 4 is 6.09 Å². The second-order valence-electron chi connectivity index (χ2n) is 8.23. The predicted octanol–water partition coefficient (Wildman–Crippen LogP) is 2.75. The van der Waals surface area contributed by atoms with Crippen LogP contribution in [0.3, 0.4) is 0 Å². The predicted molar refractivity (Wildman–Crippen MR) is 93.6 cm³/mol. The van der Waals surface area contributed by atoms with E-state index in [4.69, 9.17) is 4.74 Å². The number of nitrogens with one attached hydrogen (secondary N) is 2. The highest BCUT2D eigenvalue weighted by Crippen LogP contribution is 2.26. The molecule has 2 fully saturated rings. The zero-order chi connectivity index (χ0) is 17.0. The van der Waals surface area contributed by atoms with E-state index >= 15 is 0 Å². The molecule has 1 aliphatic carbocycles. The fourth-order valence-corrected chi connectivity index (χ4v) is 3.46. The van der Waals surface area contributed by atoms with E-state index < -0.39 is 5.60 Å². The van der Waals surface area contributed by atoms with Gasteiger partial charge < -0.3 is 20.3 Å². The number of amides is 1.